The number of amides is 1. The van der Waals surface area contributed by atoms with E-state index in [0.717, 1.165) is 17.6 Å². The van der Waals surface area contributed by atoms with Gasteiger partial charge in [-0.3, -0.25) is 9.52 Å². The van der Waals surface area contributed by atoms with E-state index in [1.54, 1.807) is 18.5 Å². The number of rotatable bonds is 8. The van der Waals surface area contributed by atoms with Crippen LogP contribution >= 0.6 is 11.6 Å². The fraction of sp³-hybridized carbons (Fsp3) is 0.0870. The van der Waals surface area contributed by atoms with Crippen molar-refractivity contribution in [3.05, 3.63) is 95.4 Å². The summed E-state index contributed by atoms with van der Waals surface area (Å²) in [6.45, 7) is 0.271. The first kappa shape index (κ1) is 23.3. The van der Waals surface area contributed by atoms with Crippen molar-refractivity contribution in [2.45, 2.75) is 6.61 Å². The van der Waals surface area contributed by atoms with Crippen LogP contribution in [0.1, 0.15) is 15.9 Å². The predicted octanol–water partition coefficient (Wildman–Crippen LogP) is 4.12. The summed E-state index contributed by atoms with van der Waals surface area (Å²) in [5.41, 5.74) is 1.62. The smallest absolute Gasteiger partial charge is 0.258 e. The SMILES string of the molecule is CS(=O)(=O)Nc1cc(Cl)cc(NC(=O)c2cnn(-c3ncccc3COc3ccccc3)c2)c1. The van der Waals surface area contributed by atoms with Crippen molar-refractivity contribution in [1.29, 1.82) is 0 Å². The maximum atomic E-state index is 12.8. The Morgan fingerprint density at radius 1 is 1.09 bits per heavy atom. The van der Waals surface area contributed by atoms with E-state index in [-0.39, 0.29) is 22.9 Å². The summed E-state index contributed by atoms with van der Waals surface area (Å²) < 4.78 is 32.6. The second kappa shape index (κ2) is 9.94. The van der Waals surface area contributed by atoms with Gasteiger partial charge in [-0.15, -0.1) is 0 Å². The zero-order chi connectivity index (χ0) is 24.1. The Balaban J connectivity index is 1.50. The van der Waals surface area contributed by atoms with E-state index in [1.807, 2.05) is 36.4 Å². The van der Waals surface area contributed by atoms with Gasteiger partial charge in [-0.2, -0.15) is 5.10 Å². The van der Waals surface area contributed by atoms with Gasteiger partial charge in [-0.1, -0.05) is 35.9 Å². The van der Waals surface area contributed by atoms with Crippen LogP contribution in [0.15, 0.2) is 79.3 Å². The molecule has 34 heavy (non-hydrogen) atoms. The maximum Gasteiger partial charge on any atom is 0.258 e. The summed E-state index contributed by atoms with van der Waals surface area (Å²) in [4.78, 5) is 17.2. The van der Waals surface area contributed by atoms with Crippen LogP contribution in [-0.4, -0.2) is 35.3 Å². The first-order chi connectivity index (χ1) is 16.3. The van der Waals surface area contributed by atoms with Crippen molar-refractivity contribution in [2.75, 3.05) is 16.3 Å². The van der Waals surface area contributed by atoms with E-state index < -0.39 is 15.9 Å². The highest BCUT2D eigenvalue weighted by Crippen LogP contribution is 2.24. The van der Waals surface area contributed by atoms with Crippen molar-refractivity contribution < 1.29 is 17.9 Å². The van der Waals surface area contributed by atoms with Crippen LogP contribution in [0.4, 0.5) is 11.4 Å². The van der Waals surface area contributed by atoms with Crippen molar-refractivity contribution in [3.8, 4) is 11.6 Å². The molecule has 0 bridgehead atoms. The molecule has 1 amide bonds. The molecule has 0 aliphatic carbocycles. The standard InChI is InChI=1S/C23H20ClN5O4S/c1-34(31,32)28-20-11-18(24)10-19(12-20)27-23(30)17-13-26-29(14-17)22-16(6-5-9-25-22)15-33-21-7-3-2-4-8-21/h2-14,28H,15H2,1H3,(H,27,30). The maximum absolute atomic E-state index is 12.8. The van der Waals surface area contributed by atoms with E-state index >= 15 is 0 Å². The third kappa shape index (κ3) is 6.12. The van der Waals surface area contributed by atoms with Gasteiger partial charge in [0.25, 0.3) is 5.91 Å². The molecule has 174 valence electrons. The second-order valence-corrected chi connectivity index (χ2v) is 9.50. The molecular formula is C23H20ClN5O4S. The summed E-state index contributed by atoms with van der Waals surface area (Å²) in [5, 5.41) is 7.22. The minimum atomic E-state index is -3.50. The molecule has 0 aliphatic rings. The molecule has 4 aromatic rings. The average molecular weight is 498 g/mol. The van der Waals surface area contributed by atoms with Crippen molar-refractivity contribution in [2.24, 2.45) is 0 Å². The minimum absolute atomic E-state index is 0.234. The fourth-order valence-electron chi connectivity index (χ4n) is 3.12. The molecule has 0 atom stereocenters. The molecule has 0 saturated carbocycles. The van der Waals surface area contributed by atoms with Crippen LogP contribution in [0, 0.1) is 0 Å². The highest BCUT2D eigenvalue weighted by atomic mass is 35.5. The average Bonchev–Trinajstić information content (AvgIpc) is 3.27. The molecule has 2 aromatic heterocycles. The van der Waals surface area contributed by atoms with Gasteiger partial charge >= 0.3 is 0 Å². The van der Waals surface area contributed by atoms with Crippen LogP contribution in [0.5, 0.6) is 5.75 Å². The van der Waals surface area contributed by atoms with E-state index in [0.29, 0.717) is 11.5 Å². The molecule has 0 spiro atoms. The van der Waals surface area contributed by atoms with Gasteiger partial charge < -0.3 is 10.1 Å². The van der Waals surface area contributed by atoms with Crippen LogP contribution in [0.3, 0.4) is 0 Å². The predicted molar refractivity (Wildman–Crippen MR) is 130 cm³/mol. The molecule has 0 aliphatic heterocycles. The third-order valence-corrected chi connectivity index (χ3v) is 5.35. The number of sulfonamides is 1. The molecule has 2 aromatic carbocycles. The Morgan fingerprint density at radius 2 is 1.85 bits per heavy atom. The van der Waals surface area contributed by atoms with Crippen molar-refractivity contribution >= 4 is 38.9 Å². The first-order valence-electron chi connectivity index (χ1n) is 10.0. The number of benzene rings is 2. The lowest BCUT2D eigenvalue weighted by atomic mass is 10.2. The van der Waals surface area contributed by atoms with Gasteiger partial charge in [-0.05, 0) is 36.4 Å². The summed E-state index contributed by atoms with van der Waals surface area (Å²) in [6.07, 6.45) is 5.61. The number of aromatic nitrogens is 3. The van der Waals surface area contributed by atoms with Gasteiger partial charge in [0.1, 0.15) is 12.4 Å². The number of para-hydroxylation sites is 1. The van der Waals surface area contributed by atoms with E-state index in [2.05, 4.69) is 20.1 Å². The highest BCUT2D eigenvalue weighted by molar-refractivity contribution is 7.92. The quantitative estimate of drug-likeness (QED) is 0.378. The van der Waals surface area contributed by atoms with Crippen molar-refractivity contribution in [3.63, 3.8) is 0 Å². The first-order valence-corrected chi connectivity index (χ1v) is 12.3. The summed E-state index contributed by atoms with van der Waals surface area (Å²) in [5.74, 6) is 0.806. The summed E-state index contributed by atoms with van der Waals surface area (Å²) >= 11 is 6.06. The van der Waals surface area contributed by atoms with Crippen LogP contribution in [0.25, 0.3) is 5.82 Å². The molecule has 0 saturated heterocycles. The number of nitrogens with zero attached hydrogens (tertiary/aromatic N) is 3. The van der Waals surface area contributed by atoms with Gasteiger partial charge in [0.05, 0.1) is 23.7 Å². The topological polar surface area (TPSA) is 115 Å². The minimum Gasteiger partial charge on any atom is -0.489 e. The van der Waals surface area contributed by atoms with E-state index in [1.165, 1.54) is 29.1 Å². The molecule has 9 nitrogen and oxygen atoms in total. The number of ether oxygens (including phenoxy) is 1. The summed E-state index contributed by atoms with van der Waals surface area (Å²) in [6, 6.07) is 17.5. The molecule has 0 fully saturated rings. The zero-order valence-corrected chi connectivity index (χ0v) is 19.5. The molecule has 2 heterocycles. The molecule has 0 unspecified atom stereocenters. The molecule has 0 radical (unpaired) electrons. The van der Waals surface area contributed by atoms with Crippen LogP contribution < -0.4 is 14.8 Å². The van der Waals surface area contributed by atoms with Gasteiger partial charge in [0.15, 0.2) is 5.82 Å². The number of carbonyl (C=O) groups excluding carboxylic acids is 1. The van der Waals surface area contributed by atoms with Crippen LogP contribution in [-0.2, 0) is 16.6 Å². The summed E-state index contributed by atoms with van der Waals surface area (Å²) in [7, 11) is -3.50. The lowest BCUT2D eigenvalue weighted by Crippen LogP contribution is -2.13. The monoisotopic (exact) mass is 497 g/mol. The number of halogens is 1. The Bertz CT molecular complexity index is 1420. The number of hydrogen-bond acceptors (Lipinski definition) is 6. The number of anilines is 2. The van der Waals surface area contributed by atoms with Crippen LogP contribution in [0.2, 0.25) is 5.02 Å². The number of carbonyl (C=O) groups is 1. The highest BCUT2D eigenvalue weighted by Gasteiger charge is 2.14. The normalized spacial score (nSPS) is 11.1. The molecule has 2 N–H and O–H groups in total. The second-order valence-electron chi connectivity index (χ2n) is 7.32. The third-order valence-electron chi connectivity index (χ3n) is 4.53. The number of hydrogen-bond donors (Lipinski definition) is 2. The number of nitrogens with one attached hydrogen (secondary N) is 2. The zero-order valence-electron chi connectivity index (χ0n) is 18.0. The van der Waals surface area contributed by atoms with Gasteiger partial charge in [0, 0.05) is 28.7 Å². The largest absolute Gasteiger partial charge is 0.489 e. The molecule has 4 rings (SSSR count). The Kier molecular flexibility index (Phi) is 6.80. The lowest BCUT2D eigenvalue weighted by molar-refractivity contribution is 0.102. The van der Waals surface area contributed by atoms with E-state index in [4.69, 9.17) is 16.3 Å². The van der Waals surface area contributed by atoms with Gasteiger partial charge in [-0.25, -0.2) is 18.1 Å². The Labute approximate surface area is 201 Å². The van der Waals surface area contributed by atoms with Crippen molar-refractivity contribution in [1.82, 2.24) is 14.8 Å². The Hall–Kier alpha value is -3.89. The fourth-order valence-corrected chi connectivity index (χ4v) is 3.90. The van der Waals surface area contributed by atoms with E-state index in [9.17, 15) is 13.2 Å². The lowest BCUT2D eigenvalue weighted by Gasteiger charge is -2.10. The Morgan fingerprint density at radius 3 is 2.62 bits per heavy atom. The number of pyridine rings is 1. The van der Waals surface area contributed by atoms with Gasteiger partial charge in [0.2, 0.25) is 10.0 Å². The molecular weight excluding hydrogens is 478 g/mol. The molecule has 11 heteroatoms.